The maximum absolute atomic E-state index is 12.4. The molecule has 0 radical (unpaired) electrons. The summed E-state index contributed by atoms with van der Waals surface area (Å²) in [4.78, 5) is 25.1. The topological polar surface area (TPSA) is 72.5 Å². The number of amides is 1. The zero-order valence-electron chi connectivity index (χ0n) is 15.0. The summed E-state index contributed by atoms with van der Waals surface area (Å²) in [6.07, 6.45) is 0.490. The van der Waals surface area contributed by atoms with Crippen molar-refractivity contribution in [3.8, 4) is 0 Å². The summed E-state index contributed by atoms with van der Waals surface area (Å²) in [5.41, 5.74) is 0.820. The Morgan fingerprint density at radius 2 is 1.63 bits per heavy atom. The van der Waals surface area contributed by atoms with E-state index >= 15 is 0 Å². The SMILES string of the molecule is C[C@H](OC(=O)c1ccccc1[S@@](C)=O)C(=O)Nc1ccc2ccccc2c1. The maximum Gasteiger partial charge on any atom is 0.340 e. The number of hydrogen-bond donors (Lipinski definition) is 1. The molecular weight excluding hydrogens is 362 g/mol. The van der Waals surface area contributed by atoms with Crippen molar-refractivity contribution in [2.75, 3.05) is 11.6 Å². The predicted octanol–water partition coefficient (Wildman–Crippen LogP) is 3.76. The molecule has 3 aromatic carbocycles. The molecule has 3 rings (SSSR count). The minimum Gasteiger partial charge on any atom is -0.449 e. The number of esters is 1. The fourth-order valence-electron chi connectivity index (χ4n) is 2.67. The third kappa shape index (κ3) is 4.41. The van der Waals surface area contributed by atoms with Crippen LogP contribution in [0.4, 0.5) is 5.69 Å². The van der Waals surface area contributed by atoms with Gasteiger partial charge < -0.3 is 10.1 Å². The maximum atomic E-state index is 12.4. The summed E-state index contributed by atoms with van der Waals surface area (Å²) in [7, 11) is -1.33. The van der Waals surface area contributed by atoms with E-state index in [1.165, 1.54) is 19.2 Å². The van der Waals surface area contributed by atoms with Crippen LogP contribution in [0.5, 0.6) is 0 Å². The monoisotopic (exact) mass is 381 g/mol. The van der Waals surface area contributed by atoms with Gasteiger partial charge in [0.2, 0.25) is 0 Å². The number of hydrogen-bond acceptors (Lipinski definition) is 4. The Bertz CT molecular complexity index is 1030. The summed E-state index contributed by atoms with van der Waals surface area (Å²) in [5.74, 6) is -1.12. The van der Waals surface area contributed by atoms with Gasteiger partial charge in [-0.05, 0) is 42.0 Å². The molecule has 5 nitrogen and oxygen atoms in total. The summed E-state index contributed by atoms with van der Waals surface area (Å²) in [6.45, 7) is 1.50. The summed E-state index contributed by atoms with van der Waals surface area (Å²) < 4.78 is 17.0. The Morgan fingerprint density at radius 1 is 0.963 bits per heavy atom. The van der Waals surface area contributed by atoms with E-state index in [1.54, 1.807) is 24.3 Å². The predicted molar refractivity (Wildman–Crippen MR) is 106 cm³/mol. The highest BCUT2D eigenvalue weighted by atomic mass is 32.2. The Morgan fingerprint density at radius 3 is 2.37 bits per heavy atom. The van der Waals surface area contributed by atoms with Crippen LogP contribution in [0.1, 0.15) is 17.3 Å². The normalized spacial score (nSPS) is 13.0. The van der Waals surface area contributed by atoms with Crippen molar-refractivity contribution in [2.24, 2.45) is 0 Å². The molecule has 0 spiro atoms. The number of anilines is 1. The van der Waals surface area contributed by atoms with E-state index < -0.39 is 28.8 Å². The van der Waals surface area contributed by atoms with Crippen molar-refractivity contribution in [1.29, 1.82) is 0 Å². The number of carbonyl (C=O) groups is 2. The number of carbonyl (C=O) groups excluding carboxylic acids is 2. The minimum atomic E-state index is -1.33. The zero-order valence-corrected chi connectivity index (χ0v) is 15.8. The van der Waals surface area contributed by atoms with Crippen LogP contribution in [-0.2, 0) is 20.3 Å². The number of ether oxygens (including phenoxy) is 1. The minimum absolute atomic E-state index is 0.198. The second-order valence-corrected chi connectivity index (χ2v) is 7.40. The first kappa shape index (κ1) is 18.8. The van der Waals surface area contributed by atoms with E-state index in [0.717, 1.165) is 10.8 Å². The molecular formula is C21H19NO4S. The summed E-state index contributed by atoms with van der Waals surface area (Å²) in [6, 6.07) is 19.9. The van der Waals surface area contributed by atoms with E-state index in [-0.39, 0.29) is 5.56 Å². The molecule has 1 amide bonds. The molecule has 0 aliphatic rings. The van der Waals surface area contributed by atoms with Crippen LogP contribution in [0.2, 0.25) is 0 Å². The van der Waals surface area contributed by atoms with Gasteiger partial charge in [-0.15, -0.1) is 0 Å². The largest absolute Gasteiger partial charge is 0.449 e. The van der Waals surface area contributed by atoms with E-state index in [2.05, 4.69) is 5.32 Å². The van der Waals surface area contributed by atoms with Crippen LogP contribution in [0, 0.1) is 0 Å². The van der Waals surface area contributed by atoms with Crippen LogP contribution in [0.15, 0.2) is 71.6 Å². The average Bonchev–Trinajstić information content (AvgIpc) is 2.67. The number of nitrogens with one attached hydrogen (secondary N) is 1. The van der Waals surface area contributed by atoms with E-state index in [9.17, 15) is 13.8 Å². The molecule has 2 atom stereocenters. The lowest BCUT2D eigenvalue weighted by atomic mass is 10.1. The van der Waals surface area contributed by atoms with Gasteiger partial charge in [0.1, 0.15) is 0 Å². The Balaban J connectivity index is 1.70. The first-order valence-corrected chi connectivity index (χ1v) is 9.94. The highest BCUT2D eigenvalue weighted by Gasteiger charge is 2.21. The van der Waals surface area contributed by atoms with E-state index in [1.807, 2.05) is 36.4 Å². The Kier molecular flexibility index (Phi) is 5.66. The summed E-state index contributed by atoms with van der Waals surface area (Å²) in [5, 5.41) is 4.82. The molecule has 27 heavy (non-hydrogen) atoms. The van der Waals surface area contributed by atoms with Crippen molar-refractivity contribution >= 4 is 39.1 Å². The van der Waals surface area contributed by atoms with Crippen molar-refractivity contribution in [3.63, 3.8) is 0 Å². The van der Waals surface area contributed by atoms with Crippen molar-refractivity contribution in [1.82, 2.24) is 0 Å². The van der Waals surface area contributed by atoms with Crippen LogP contribution in [-0.4, -0.2) is 28.4 Å². The quantitative estimate of drug-likeness (QED) is 0.683. The fourth-order valence-corrected chi connectivity index (χ4v) is 3.41. The fraction of sp³-hybridized carbons (Fsp3) is 0.143. The summed E-state index contributed by atoms with van der Waals surface area (Å²) >= 11 is 0. The van der Waals surface area contributed by atoms with Crippen LogP contribution >= 0.6 is 0 Å². The third-order valence-corrected chi connectivity index (χ3v) is 5.06. The molecule has 0 unspecified atom stereocenters. The van der Waals surface area contributed by atoms with Gasteiger partial charge in [0.05, 0.1) is 21.3 Å². The lowest BCUT2D eigenvalue weighted by Crippen LogP contribution is -2.30. The lowest BCUT2D eigenvalue weighted by Gasteiger charge is -2.15. The van der Waals surface area contributed by atoms with Gasteiger partial charge in [0.15, 0.2) is 6.10 Å². The highest BCUT2D eigenvalue weighted by molar-refractivity contribution is 7.84. The molecule has 0 aliphatic carbocycles. The molecule has 0 aromatic heterocycles. The average molecular weight is 381 g/mol. The van der Waals surface area contributed by atoms with Gasteiger partial charge in [-0.1, -0.05) is 42.5 Å². The molecule has 0 aliphatic heterocycles. The van der Waals surface area contributed by atoms with E-state index in [0.29, 0.717) is 10.6 Å². The number of benzene rings is 3. The van der Waals surface area contributed by atoms with Crippen molar-refractivity contribution < 1.29 is 18.5 Å². The highest BCUT2D eigenvalue weighted by Crippen LogP contribution is 2.19. The van der Waals surface area contributed by atoms with Gasteiger partial charge >= 0.3 is 5.97 Å². The number of fused-ring (bicyclic) bond motifs is 1. The first-order chi connectivity index (χ1) is 13.0. The van der Waals surface area contributed by atoms with Gasteiger partial charge in [0.25, 0.3) is 5.91 Å². The van der Waals surface area contributed by atoms with Gasteiger partial charge in [-0.2, -0.15) is 0 Å². The molecule has 3 aromatic rings. The van der Waals surface area contributed by atoms with Gasteiger partial charge in [-0.3, -0.25) is 9.00 Å². The molecule has 0 saturated heterocycles. The van der Waals surface area contributed by atoms with Gasteiger partial charge in [0, 0.05) is 11.9 Å². The molecule has 1 N–H and O–H groups in total. The molecule has 0 saturated carbocycles. The van der Waals surface area contributed by atoms with Crippen LogP contribution < -0.4 is 5.32 Å². The van der Waals surface area contributed by atoms with Crippen LogP contribution in [0.25, 0.3) is 10.8 Å². The first-order valence-electron chi connectivity index (χ1n) is 8.39. The standard InChI is InChI=1S/C21H19NO4S/c1-14(26-21(24)18-9-5-6-10-19(18)27(2)25)20(23)22-17-12-11-15-7-3-4-8-16(15)13-17/h3-14H,1-2H3,(H,22,23)/t14-,27+/m0/s1. The molecule has 0 fully saturated rings. The zero-order chi connectivity index (χ0) is 19.4. The molecule has 138 valence electrons. The van der Waals surface area contributed by atoms with E-state index in [4.69, 9.17) is 4.74 Å². The smallest absolute Gasteiger partial charge is 0.340 e. The van der Waals surface area contributed by atoms with Crippen LogP contribution in [0.3, 0.4) is 0 Å². The lowest BCUT2D eigenvalue weighted by molar-refractivity contribution is -0.123. The second-order valence-electron chi connectivity index (χ2n) is 6.05. The van der Waals surface area contributed by atoms with Gasteiger partial charge in [-0.25, -0.2) is 4.79 Å². The molecule has 0 bridgehead atoms. The Labute approximate surface area is 159 Å². The molecule has 6 heteroatoms. The molecule has 0 heterocycles. The second kappa shape index (κ2) is 8.14. The Hall–Kier alpha value is -2.99. The van der Waals surface area contributed by atoms with Crippen molar-refractivity contribution in [2.45, 2.75) is 17.9 Å². The van der Waals surface area contributed by atoms with Crippen molar-refractivity contribution in [3.05, 3.63) is 72.3 Å². The number of rotatable bonds is 5. The third-order valence-electron chi connectivity index (χ3n) is 4.09.